The first-order valence-corrected chi connectivity index (χ1v) is 16.9. The van der Waals surface area contributed by atoms with Gasteiger partial charge >= 0.3 is 11.7 Å². The average Bonchev–Trinajstić information content (AvgIpc) is 3.55. The lowest BCUT2D eigenvalue weighted by molar-refractivity contribution is -0.134. The van der Waals surface area contributed by atoms with E-state index < -0.39 is 5.54 Å². The highest BCUT2D eigenvalue weighted by Crippen LogP contribution is 2.40. The van der Waals surface area contributed by atoms with Gasteiger partial charge in [0.2, 0.25) is 5.91 Å². The predicted octanol–water partition coefficient (Wildman–Crippen LogP) is 4.31. The Kier molecular flexibility index (Phi) is 8.88. The summed E-state index contributed by atoms with van der Waals surface area (Å²) in [5, 5.41) is 0. The van der Waals surface area contributed by atoms with Gasteiger partial charge in [-0.15, -0.1) is 0 Å². The van der Waals surface area contributed by atoms with Crippen molar-refractivity contribution in [3.63, 3.8) is 0 Å². The number of aromatic amines is 1. The summed E-state index contributed by atoms with van der Waals surface area (Å²) in [4.78, 5) is 51.7. The molecule has 1 aromatic heterocycles. The molecule has 47 heavy (non-hydrogen) atoms. The molecule has 0 atom stereocenters. The Morgan fingerprint density at radius 1 is 0.894 bits per heavy atom. The van der Waals surface area contributed by atoms with Gasteiger partial charge in [-0.1, -0.05) is 42.5 Å². The topological polar surface area (TPSA) is 94.1 Å². The van der Waals surface area contributed by atoms with Crippen LogP contribution < -0.4 is 10.6 Å². The van der Waals surface area contributed by atoms with E-state index in [2.05, 4.69) is 38.9 Å². The van der Waals surface area contributed by atoms with Crippen LogP contribution in [0.25, 0.3) is 11.0 Å². The number of para-hydroxylation sites is 3. The number of carbonyl (C=O) groups is 2. The summed E-state index contributed by atoms with van der Waals surface area (Å²) in [6.07, 6.45) is 3.96. The molecule has 0 unspecified atom stereocenters. The number of imidazole rings is 1. The van der Waals surface area contributed by atoms with Crippen molar-refractivity contribution in [2.75, 3.05) is 51.3 Å². The summed E-state index contributed by atoms with van der Waals surface area (Å²) in [6, 6.07) is 25.6. The molecule has 0 aliphatic carbocycles. The van der Waals surface area contributed by atoms with Crippen molar-refractivity contribution in [1.29, 1.82) is 0 Å². The fourth-order valence-corrected chi connectivity index (χ4v) is 7.59. The smallest absolute Gasteiger partial charge is 0.338 e. The lowest BCUT2D eigenvalue weighted by Crippen LogP contribution is -2.56. The monoisotopic (exact) mass is 636 g/mol. The molecule has 1 spiro atoms. The van der Waals surface area contributed by atoms with Gasteiger partial charge in [0.1, 0.15) is 11.6 Å². The maximum atomic E-state index is 14.3. The Labute approximate surface area is 275 Å². The lowest BCUT2D eigenvalue weighted by Gasteiger charge is -2.43. The minimum atomic E-state index is -0.615. The number of hydrogen-bond donors (Lipinski definition) is 1. The molecular weight excluding hydrogens is 592 g/mol. The van der Waals surface area contributed by atoms with Gasteiger partial charge in [-0.3, -0.25) is 9.36 Å². The van der Waals surface area contributed by atoms with E-state index in [-0.39, 0.29) is 23.7 Å². The molecule has 10 heteroatoms. The average molecular weight is 637 g/mol. The minimum absolute atomic E-state index is 0.0518. The van der Waals surface area contributed by atoms with Crippen molar-refractivity contribution in [3.8, 4) is 0 Å². The molecule has 0 radical (unpaired) electrons. The van der Waals surface area contributed by atoms with E-state index in [0.717, 1.165) is 87.1 Å². The van der Waals surface area contributed by atoms with Gasteiger partial charge in [-0.25, -0.2) is 9.59 Å². The summed E-state index contributed by atoms with van der Waals surface area (Å²) in [5.41, 5.74) is 3.62. The second-order valence-corrected chi connectivity index (χ2v) is 13.3. The molecule has 10 nitrogen and oxygen atoms in total. The Hall–Kier alpha value is -4.41. The first-order valence-electron chi connectivity index (χ1n) is 16.9. The number of benzene rings is 3. The third-order valence-corrected chi connectivity index (χ3v) is 10.3. The summed E-state index contributed by atoms with van der Waals surface area (Å²) < 4.78 is 7.66. The van der Waals surface area contributed by atoms with Gasteiger partial charge in [0, 0.05) is 45.0 Å². The van der Waals surface area contributed by atoms with Gasteiger partial charge in [0.15, 0.2) is 0 Å². The third kappa shape index (κ3) is 6.44. The Morgan fingerprint density at radius 2 is 1.64 bits per heavy atom. The molecule has 246 valence electrons. The van der Waals surface area contributed by atoms with Crippen LogP contribution in [-0.4, -0.2) is 94.2 Å². The van der Waals surface area contributed by atoms with Crippen molar-refractivity contribution in [1.82, 2.24) is 24.3 Å². The number of amides is 1. The first kappa shape index (κ1) is 31.2. The third-order valence-electron chi connectivity index (χ3n) is 10.3. The second-order valence-electron chi connectivity index (χ2n) is 13.3. The van der Waals surface area contributed by atoms with Crippen LogP contribution >= 0.6 is 0 Å². The SMILES string of the molecule is CN1CCC(OC(=O)c2cccc(CN3CN(c4ccccc4)C4(CCN(CCCn5c(=O)[nH]c6ccccc65)CC4)C3=O)c2)CC1. The van der Waals surface area contributed by atoms with Crippen LogP contribution in [0.3, 0.4) is 0 Å². The van der Waals surface area contributed by atoms with Crippen LogP contribution in [0.2, 0.25) is 0 Å². The van der Waals surface area contributed by atoms with E-state index in [1.807, 2.05) is 70.1 Å². The van der Waals surface area contributed by atoms with Crippen LogP contribution in [-0.2, 0) is 22.6 Å². The molecule has 3 saturated heterocycles. The summed E-state index contributed by atoms with van der Waals surface area (Å²) >= 11 is 0. The van der Waals surface area contributed by atoms with E-state index in [4.69, 9.17) is 4.74 Å². The molecule has 4 aromatic rings. The molecule has 0 bridgehead atoms. The fourth-order valence-electron chi connectivity index (χ4n) is 7.59. The van der Waals surface area contributed by atoms with Gasteiger partial charge in [0.05, 0.1) is 23.3 Å². The van der Waals surface area contributed by atoms with Crippen molar-refractivity contribution in [2.45, 2.75) is 56.8 Å². The minimum Gasteiger partial charge on any atom is -0.459 e. The summed E-state index contributed by atoms with van der Waals surface area (Å²) in [6.45, 7) is 5.92. The van der Waals surface area contributed by atoms with Crippen LogP contribution in [0.4, 0.5) is 5.69 Å². The Morgan fingerprint density at radius 3 is 2.43 bits per heavy atom. The number of rotatable bonds is 9. The number of fused-ring (bicyclic) bond motifs is 1. The first-order chi connectivity index (χ1) is 22.9. The number of hydrogen-bond acceptors (Lipinski definition) is 7. The van der Waals surface area contributed by atoms with Gasteiger partial charge in [0.25, 0.3) is 0 Å². The second kappa shape index (κ2) is 13.4. The number of anilines is 1. The fraction of sp³-hybridized carbons (Fsp3) is 0.432. The number of likely N-dealkylation sites (tertiary alicyclic amines) is 2. The molecule has 3 aliphatic rings. The highest BCUT2D eigenvalue weighted by Gasteiger charge is 2.53. The lowest BCUT2D eigenvalue weighted by atomic mass is 9.85. The molecule has 4 heterocycles. The highest BCUT2D eigenvalue weighted by atomic mass is 16.5. The van der Waals surface area contributed by atoms with E-state index in [0.29, 0.717) is 25.3 Å². The van der Waals surface area contributed by atoms with E-state index in [1.54, 1.807) is 6.07 Å². The molecule has 3 fully saturated rings. The standard InChI is InChI=1S/C37H44N6O4/c1-39-21-15-31(16-22-39)47-34(44)29-10-7-9-28(25-29)26-41-27-43(30-11-3-2-4-12-30)37(35(41)45)17-23-40(24-18-37)19-8-20-42-33-14-6-5-13-32(33)38-36(42)46/h2-7,9-14,25,31H,8,15-24,26-27H2,1H3,(H,38,46). The van der Waals surface area contributed by atoms with Crippen LogP contribution in [0.5, 0.6) is 0 Å². The number of nitrogens with one attached hydrogen (secondary N) is 1. The number of ether oxygens (including phenoxy) is 1. The Balaban J connectivity index is 1.01. The Bertz CT molecular complexity index is 1770. The molecule has 3 aromatic carbocycles. The molecule has 7 rings (SSSR count). The molecule has 1 N–H and O–H groups in total. The van der Waals surface area contributed by atoms with Crippen molar-refractivity contribution >= 4 is 28.6 Å². The number of nitrogens with zero attached hydrogens (tertiary/aromatic N) is 5. The highest BCUT2D eigenvalue weighted by molar-refractivity contribution is 5.94. The largest absolute Gasteiger partial charge is 0.459 e. The molecule has 0 saturated carbocycles. The number of aromatic nitrogens is 2. The maximum absolute atomic E-state index is 14.3. The van der Waals surface area contributed by atoms with Crippen LogP contribution in [0, 0.1) is 0 Å². The zero-order valence-corrected chi connectivity index (χ0v) is 27.1. The maximum Gasteiger partial charge on any atom is 0.338 e. The summed E-state index contributed by atoms with van der Waals surface area (Å²) in [7, 11) is 2.09. The number of aryl methyl sites for hydroxylation is 1. The van der Waals surface area contributed by atoms with E-state index in [1.165, 1.54) is 0 Å². The van der Waals surface area contributed by atoms with Crippen molar-refractivity contribution in [2.24, 2.45) is 0 Å². The van der Waals surface area contributed by atoms with Gasteiger partial charge in [-0.05, 0) is 87.7 Å². The van der Waals surface area contributed by atoms with Crippen LogP contribution in [0.15, 0.2) is 83.7 Å². The van der Waals surface area contributed by atoms with Crippen molar-refractivity contribution < 1.29 is 14.3 Å². The normalized spacial score (nSPS) is 19.2. The van der Waals surface area contributed by atoms with Gasteiger partial charge in [-0.2, -0.15) is 0 Å². The van der Waals surface area contributed by atoms with Crippen LogP contribution in [0.1, 0.15) is 48.0 Å². The number of carbonyl (C=O) groups excluding carboxylic acids is 2. The van der Waals surface area contributed by atoms with Gasteiger partial charge < -0.3 is 29.3 Å². The zero-order valence-electron chi connectivity index (χ0n) is 27.1. The quantitative estimate of drug-likeness (QED) is 0.274. The van der Waals surface area contributed by atoms with Crippen molar-refractivity contribution in [3.05, 3.63) is 100 Å². The number of H-pyrrole nitrogens is 1. The van der Waals surface area contributed by atoms with E-state index >= 15 is 0 Å². The number of piperidine rings is 2. The van der Waals surface area contributed by atoms with E-state index in [9.17, 15) is 14.4 Å². The molecule has 3 aliphatic heterocycles. The molecule has 1 amide bonds. The molecular formula is C37H44N6O4. The zero-order chi connectivity index (χ0) is 32.4. The predicted molar refractivity (Wildman–Crippen MR) is 182 cm³/mol. The number of esters is 1. The summed E-state index contributed by atoms with van der Waals surface area (Å²) in [5.74, 6) is -0.149.